The van der Waals surface area contributed by atoms with Gasteiger partial charge in [-0.1, -0.05) is 42.2 Å². The molecule has 0 saturated heterocycles. The first kappa shape index (κ1) is 18.3. The van der Waals surface area contributed by atoms with Crippen LogP contribution in [0.15, 0.2) is 39.9 Å². The number of benzene rings is 1. The van der Waals surface area contributed by atoms with E-state index in [9.17, 15) is 14.0 Å². The molecule has 1 atom stereocenters. The highest BCUT2D eigenvalue weighted by Gasteiger charge is 2.40. The third-order valence-electron chi connectivity index (χ3n) is 4.80. The number of carbonyl (C=O) groups is 2. The highest BCUT2D eigenvalue weighted by Crippen LogP contribution is 2.44. The maximum Gasteiger partial charge on any atom is 0.234 e. The van der Waals surface area contributed by atoms with Crippen LogP contribution in [0.2, 0.25) is 0 Å². The van der Waals surface area contributed by atoms with Crippen LogP contribution in [0.25, 0.3) is 0 Å². The Morgan fingerprint density at radius 3 is 2.74 bits per heavy atom. The van der Waals surface area contributed by atoms with Crippen LogP contribution in [-0.2, 0) is 9.59 Å². The lowest BCUT2D eigenvalue weighted by Crippen LogP contribution is -2.40. The summed E-state index contributed by atoms with van der Waals surface area (Å²) in [6.07, 6.45) is 2.02. The Balaban J connectivity index is 1.79. The number of allylic oxidation sites excluding steroid dienone is 2. The third-order valence-corrected chi connectivity index (χ3v) is 6.73. The fourth-order valence-corrected chi connectivity index (χ4v) is 5.45. The van der Waals surface area contributed by atoms with Gasteiger partial charge in [0.25, 0.3) is 0 Å². The van der Waals surface area contributed by atoms with Crippen molar-refractivity contribution in [2.45, 2.75) is 42.9 Å². The number of anilines is 1. The molecule has 2 aromatic rings. The van der Waals surface area contributed by atoms with Crippen LogP contribution < -0.4 is 4.90 Å². The van der Waals surface area contributed by atoms with Gasteiger partial charge in [0.05, 0.1) is 0 Å². The van der Waals surface area contributed by atoms with Crippen molar-refractivity contribution in [2.75, 3.05) is 10.7 Å². The number of hydrogen-bond acceptors (Lipinski definition) is 6. The average Bonchev–Trinajstić information content (AvgIpc) is 3.10. The number of aromatic nitrogens is 2. The van der Waals surface area contributed by atoms with Gasteiger partial charge in [0, 0.05) is 30.0 Å². The molecule has 0 bridgehead atoms. The molecule has 27 heavy (non-hydrogen) atoms. The molecule has 2 heterocycles. The van der Waals surface area contributed by atoms with Crippen molar-refractivity contribution in [3.8, 4) is 0 Å². The molecule has 8 heteroatoms. The van der Waals surface area contributed by atoms with E-state index in [4.69, 9.17) is 0 Å². The van der Waals surface area contributed by atoms with Crippen LogP contribution in [0, 0.1) is 5.82 Å². The summed E-state index contributed by atoms with van der Waals surface area (Å²) in [6.45, 7) is 2.03. The molecule has 0 saturated carbocycles. The van der Waals surface area contributed by atoms with Crippen molar-refractivity contribution >= 4 is 39.9 Å². The monoisotopic (exact) mass is 403 g/mol. The number of rotatable bonds is 4. The Labute approximate surface area is 164 Å². The zero-order chi connectivity index (χ0) is 19.0. The zero-order valence-corrected chi connectivity index (χ0v) is 16.4. The summed E-state index contributed by atoms with van der Waals surface area (Å²) in [5.41, 5.74) is 2.21. The van der Waals surface area contributed by atoms with Crippen molar-refractivity contribution in [1.82, 2.24) is 10.2 Å². The number of amides is 1. The number of thioether (sulfide) groups is 1. The Kier molecular flexibility index (Phi) is 5.10. The van der Waals surface area contributed by atoms with Crippen LogP contribution in [0.3, 0.4) is 0 Å². The molecule has 0 fully saturated rings. The molecular formula is C19H18FN3O2S2. The second-order valence-corrected chi connectivity index (χ2v) is 8.93. The van der Waals surface area contributed by atoms with Crippen molar-refractivity contribution < 1.29 is 14.0 Å². The summed E-state index contributed by atoms with van der Waals surface area (Å²) in [5, 5.41) is 8.86. The Morgan fingerprint density at radius 1 is 1.22 bits per heavy atom. The summed E-state index contributed by atoms with van der Waals surface area (Å²) in [4.78, 5) is 27.4. The lowest BCUT2D eigenvalue weighted by molar-refractivity contribution is -0.119. The lowest BCUT2D eigenvalue weighted by Gasteiger charge is -2.36. The molecule has 1 aliphatic heterocycles. The molecule has 140 valence electrons. The fraction of sp³-hybridized carbons (Fsp3) is 0.368. The summed E-state index contributed by atoms with van der Waals surface area (Å²) >= 11 is 2.95. The van der Waals surface area contributed by atoms with Crippen molar-refractivity contribution in [3.05, 3.63) is 46.9 Å². The van der Waals surface area contributed by atoms with Gasteiger partial charge in [-0.15, -0.1) is 10.2 Å². The first-order chi connectivity index (χ1) is 13.1. The van der Waals surface area contributed by atoms with Gasteiger partial charge in [-0.2, -0.15) is 0 Å². The van der Waals surface area contributed by atoms with Crippen LogP contribution >= 0.6 is 23.1 Å². The second-order valence-electron chi connectivity index (χ2n) is 6.46. The number of ketones is 1. The predicted octanol–water partition coefficient (Wildman–Crippen LogP) is 4.32. The van der Waals surface area contributed by atoms with E-state index in [-0.39, 0.29) is 29.8 Å². The molecule has 2 aliphatic rings. The molecule has 5 nitrogen and oxygen atoms in total. The zero-order valence-electron chi connectivity index (χ0n) is 14.8. The van der Waals surface area contributed by atoms with E-state index in [2.05, 4.69) is 10.2 Å². The van der Waals surface area contributed by atoms with Crippen LogP contribution in [0.1, 0.15) is 44.1 Å². The maximum atomic E-state index is 13.3. The summed E-state index contributed by atoms with van der Waals surface area (Å²) in [6, 6.07) is 6.07. The predicted molar refractivity (Wildman–Crippen MR) is 103 cm³/mol. The van der Waals surface area contributed by atoms with Gasteiger partial charge < -0.3 is 0 Å². The van der Waals surface area contributed by atoms with Crippen LogP contribution in [0.5, 0.6) is 0 Å². The Bertz CT molecular complexity index is 923. The van der Waals surface area contributed by atoms with Gasteiger partial charge >= 0.3 is 0 Å². The number of hydrogen-bond donors (Lipinski definition) is 0. The summed E-state index contributed by atoms with van der Waals surface area (Å²) < 4.78 is 14.1. The largest absolute Gasteiger partial charge is 0.294 e. The molecule has 0 unspecified atom stereocenters. The highest BCUT2D eigenvalue weighted by molar-refractivity contribution is 8.01. The van der Waals surface area contributed by atoms with Crippen LogP contribution in [0.4, 0.5) is 9.52 Å². The van der Waals surface area contributed by atoms with Crippen LogP contribution in [-0.4, -0.2) is 27.6 Å². The molecule has 1 aromatic carbocycles. The minimum Gasteiger partial charge on any atom is -0.294 e. The topological polar surface area (TPSA) is 63.2 Å². The third kappa shape index (κ3) is 3.43. The highest BCUT2D eigenvalue weighted by atomic mass is 32.2. The number of halogens is 1. The number of Topliss-reactive ketones (excluding diaryl/α,β-unsaturated/α-hetero) is 1. The van der Waals surface area contributed by atoms with Gasteiger partial charge in [-0.25, -0.2) is 4.39 Å². The van der Waals surface area contributed by atoms with Gasteiger partial charge in [0.2, 0.25) is 11.0 Å². The number of nitrogens with zero attached hydrogens (tertiary/aromatic N) is 3. The average molecular weight is 404 g/mol. The van der Waals surface area contributed by atoms with Crippen molar-refractivity contribution in [2.24, 2.45) is 0 Å². The normalized spacial score (nSPS) is 20.2. The van der Waals surface area contributed by atoms with Gasteiger partial charge in [0.15, 0.2) is 10.1 Å². The first-order valence-electron chi connectivity index (χ1n) is 8.89. The van der Waals surface area contributed by atoms with E-state index >= 15 is 0 Å². The van der Waals surface area contributed by atoms with E-state index in [1.54, 1.807) is 28.8 Å². The van der Waals surface area contributed by atoms with Crippen molar-refractivity contribution in [3.63, 3.8) is 0 Å². The SMILES string of the molecule is CCSc1nnc(N2C(=O)C[C@@H](c3ccc(F)cc3)C3=C2CCCC3=O)s1. The number of carbonyl (C=O) groups excluding carboxylic acids is 2. The Morgan fingerprint density at radius 2 is 2.00 bits per heavy atom. The molecule has 0 spiro atoms. The summed E-state index contributed by atoms with van der Waals surface area (Å²) in [7, 11) is 0. The van der Waals surface area contributed by atoms with E-state index in [0.29, 0.717) is 30.0 Å². The van der Waals surface area contributed by atoms with E-state index in [1.807, 2.05) is 6.92 Å². The van der Waals surface area contributed by atoms with E-state index < -0.39 is 0 Å². The quantitative estimate of drug-likeness (QED) is 0.562. The minimum absolute atomic E-state index is 0.0655. The molecule has 1 aromatic heterocycles. The second kappa shape index (κ2) is 7.52. The lowest BCUT2D eigenvalue weighted by atomic mass is 9.77. The summed E-state index contributed by atoms with van der Waals surface area (Å²) in [5.74, 6) is 0.190. The van der Waals surface area contributed by atoms with Gasteiger partial charge in [-0.3, -0.25) is 14.5 Å². The minimum atomic E-state index is -0.332. The maximum absolute atomic E-state index is 13.3. The van der Waals surface area contributed by atoms with Crippen molar-refractivity contribution in [1.29, 1.82) is 0 Å². The first-order valence-corrected chi connectivity index (χ1v) is 10.7. The van der Waals surface area contributed by atoms with Gasteiger partial charge in [0.1, 0.15) is 5.82 Å². The molecule has 0 N–H and O–H groups in total. The van der Waals surface area contributed by atoms with E-state index in [1.165, 1.54) is 23.5 Å². The molecule has 0 radical (unpaired) electrons. The fourth-order valence-electron chi connectivity index (χ4n) is 3.67. The Hall–Kier alpha value is -2.06. The standard InChI is InChI=1S/C19H18FN3O2S2/c1-2-26-19-22-21-18(27-19)23-14-4-3-5-15(24)17(14)13(10-16(23)25)11-6-8-12(20)9-7-11/h6-9,13H,2-5,10H2,1H3/t13-/m0/s1. The molecular weight excluding hydrogens is 385 g/mol. The molecule has 1 aliphatic carbocycles. The van der Waals surface area contributed by atoms with E-state index in [0.717, 1.165) is 21.4 Å². The molecule has 1 amide bonds. The molecule has 4 rings (SSSR count). The smallest absolute Gasteiger partial charge is 0.234 e. The van der Waals surface area contributed by atoms with Gasteiger partial charge in [-0.05, 0) is 36.3 Å².